The predicted octanol–water partition coefficient (Wildman–Crippen LogP) is 2.57. The molecule has 18 heavy (non-hydrogen) atoms. The van der Waals surface area contributed by atoms with Gasteiger partial charge in [-0.2, -0.15) is 0 Å². The topological polar surface area (TPSA) is 49.5 Å². The summed E-state index contributed by atoms with van der Waals surface area (Å²) in [5.41, 5.74) is 8.22. The molecule has 1 fully saturated rings. The third-order valence-corrected chi connectivity index (χ3v) is 4.10. The summed E-state index contributed by atoms with van der Waals surface area (Å²) in [5.74, 6) is 0.398. The van der Waals surface area contributed by atoms with E-state index in [1.165, 1.54) is 5.56 Å². The SMILES string of the molecule is Cc1ccc(O)c(C(C)N2CCC(N)CC2C)c1. The van der Waals surface area contributed by atoms with Crippen LogP contribution < -0.4 is 5.73 Å². The lowest BCUT2D eigenvalue weighted by atomic mass is 9.94. The van der Waals surface area contributed by atoms with Gasteiger partial charge in [0.25, 0.3) is 0 Å². The lowest BCUT2D eigenvalue weighted by Crippen LogP contribution is -2.46. The van der Waals surface area contributed by atoms with Crippen LogP contribution in [0.1, 0.15) is 43.9 Å². The van der Waals surface area contributed by atoms with Gasteiger partial charge >= 0.3 is 0 Å². The molecule has 0 spiro atoms. The van der Waals surface area contributed by atoms with Crippen LogP contribution >= 0.6 is 0 Å². The quantitative estimate of drug-likeness (QED) is 0.845. The zero-order valence-corrected chi connectivity index (χ0v) is 11.6. The molecule has 0 radical (unpaired) electrons. The van der Waals surface area contributed by atoms with Crippen LogP contribution in [0.15, 0.2) is 18.2 Å². The first-order valence-electron chi connectivity index (χ1n) is 6.80. The Morgan fingerprint density at radius 3 is 2.83 bits per heavy atom. The van der Waals surface area contributed by atoms with Crippen LogP contribution in [0.5, 0.6) is 5.75 Å². The van der Waals surface area contributed by atoms with Crippen LogP contribution in [0, 0.1) is 6.92 Å². The van der Waals surface area contributed by atoms with Gasteiger partial charge in [-0.25, -0.2) is 0 Å². The zero-order valence-electron chi connectivity index (χ0n) is 11.6. The Morgan fingerprint density at radius 2 is 2.17 bits per heavy atom. The van der Waals surface area contributed by atoms with Crippen molar-refractivity contribution in [1.82, 2.24) is 4.90 Å². The van der Waals surface area contributed by atoms with Crippen molar-refractivity contribution in [3.05, 3.63) is 29.3 Å². The number of aromatic hydroxyl groups is 1. The molecular formula is C15H24N2O. The number of benzene rings is 1. The van der Waals surface area contributed by atoms with Crippen molar-refractivity contribution < 1.29 is 5.11 Å². The maximum absolute atomic E-state index is 10.0. The van der Waals surface area contributed by atoms with Gasteiger partial charge in [-0.3, -0.25) is 4.90 Å². The molecule has 0 aliphatic carbocycles. The van der Waals surface area contributed by atoms with Crippen molar-refractivity contribution >= 4 is 0 Å². The molecule has 3 unspecified atom stereocenters. The van der Waals surface area contributed by atoms with Crippen molar-refractivity contribution in [3.63, 3.8) is 0 Å². The highest BCUT2D eigenvalue weighted by Crippen LogP contribution is 2.33. The predicted molar refractivity (Wildman–Crippen MR) is 74.6 cm³/mol. The van der Waals surface area contributed by atoms with E-state index in [2.05, 4.69) is 31.7 Å². The number of phenolic OH excluding ortho intramolecular Hbond substituents is 1. The van der Waals surface area contributed by atoms with Crippen molar-refractivity contribution in [2.45, 2.75) is 51.7 Å². The minimum absolute atomic E-state index is 0.243. The van der Waals surface area contributed by atoms with E-state index < -0.39 is 0 Å². The largest absolute Gasteiger partial charge is 0.508 e. The summed E-state index contributed by atoms with van der Waals surface area (Å²) in [6.07, 6.45) is 2.08. The average molecular weight is 248 g/mol. The third kappa shape index (κ3) is 2.68. The van der Waals surface area contributed by atoms with Crippen molar-refractivity contribution in [3.8, 4) is 5.75 Å². The second-order valence-electron chi connectivity index (χ2n) is 5.61. The standard InChI is InChI=1S/C15H24N2O/c1-10-4-5-15(18)14(8-10)12(3)17-7-6-13(16)9-11(17)2/h4-5,8,11-13,18H,6-7,9,16H2,1-3H3. The summed E-state index contributed by atoms with van der Waals surface area (Å²) in [6, 6.07) is 6.87. The Hall–Kier alpha value is -1.06. The monoisotopic (exact) mass is 248 g/mol. The van der Waals surface area contributed by atoms with Crippen LogP contribution in [0.25, 0.3) is 0 Å². The number of aryl methyl sites for hydroxylation is 1. The number of rotatable bonds is 2. The molecule has 0 aromatic heterocycles. The molecule has 100 valence electrons. The highest BCUT2D eigenvalue weighted by atomic mass is 16.3. The number of piperidine rings is 1. The van der Waals surface area contributed by atoms with Crippen LogP contribution in [-0.4, -0.2) is 28.6 Å². The van der Waals surface area contributed by atoms with Crippen molar-refractivity contribution in [1.29, 1.82) is 0 Å². The highest BCUT2D eigenvalue weighted by molar-refractivity contribution is 5.37. The number of hydrogen-bond acceptors (Lipinski definition) is 3. The first-order valence-corrected chi connectivity index (χ1v) is 6.80. The smallest absolute Gasteiger partial charge is 0.120 e. The molecule has 2 rings (SSSR count). The Balaban J connectivity index is 2.20. The van der Waals surface area contributed by atoms with E-state index in [4.69, 9.17) is 5.73 Å². The number of nitrogens with zero attached hydrogens (tertiary/aromatic N) is 1. The molecule has 3 heteroatoms. The van der Waals surface area contributed by atoms with E-state index in [0.29, 0.717) is 17.8 Å². The van der Waals surface area contributed by atoms with Crippen LogP contribution in [0.3, 0.4) is 0 Å². The Kier molecular flexibility index (Phi) is 3.93. The summed E-state index contributed by atoms with van der Waals surface area (Å²) in [5, 5.41) is 10.0. The molecule has 1 heterocycles. The van der Waals surface area contributed by atoms with Gasteiger partial charge in [-0.1, -0.05) is 17.7 Å². The summed E-state index contributed by atoms with van der Waals surface area (Å²) < 4.78 is 0. The van der Waals surface area contributed by atoms with Crippen LogP contribution in [0.2, 0.25) is 0 Å². The molecule has 1 aliphatic heterocycles. The first-order chi connectivity index (χ1) is 8.49. The molecule has 3 atom stereocenters. The number of phenols is 1. The molecule has 3 N–H and O–H groups in total. The average Bonchev–Trinajstić information content (AvgIpc) is 2.31. The lowest BCUT2D eigenvalue weighted by molar-refractivity contribution is 0.103. The van der Waals surface area contributed by atoms with Gasteiger partial charge in [-0.15, -0.1) is 0 Å². The Labute approximate surface area is 110 Å². The number of hydrogen-bond donors (Lipinski definition) is 2. The summed E-state index contributed by atoms with van der Waals surface area (Å²) in [4.78, 5) is 2.44. The van der Waals surface area contributed by atoms with E-state index >= 15 is 0 Å². The van der Waals surface area contributed by atoms with E-state index in [1.54, 1.807) is 6.07 Å². The van der Waals surface area contributed by atoms with Gasteiger partial charge in [0.15, 0.2) is 0 Å². The summed E-state index contributed by atoms with van der Waals surface area (Å²) in [6.45, 7) is 7.46. The van der Waals surface area contributed by atoms with Gasteiger partial charge in [0, 0.05) is 30.2 Å². The third-order valence-electron chi connectivity index (χ3n) is 4.10. The van der Waals surface area contributed by atoms with Crippen LogP contribution in [0.4, 0.5) is 0 Å². The Morgan fingerprint density at radius 1 is 1.44 bits per heavy atom. The number of likely N-dealkylation sites (tertiary alicyclic amines) is 1. The van der Waals surface area contributed by atoms with Gasteiger partial charge in [-0.05, 0) is 39.7 Å². The Bertz CT molecular complexity index is 419. The zero-order chi connectivity index (χ0) is 13.3. The molecule has 0 amide bonds. The highest BCUT2D eigenvalue weighted by Gasteiger charge is 2.28. The minimum Gasteiger partial charge on any atom is -0.508 e. The maximum Gasteiger partial charge on any atom is 0.120 e. The fraction of sp³-hybridized carbons (Fsp3) is 0.600. The molecule has 1 saturated heterocycles. The van der Waals surface area contributed by atoms with E-state index in [1.807, 2.05) is 6.07 Å². The molecule has 3 nitrogen and oxygen atoms in total. The second kappa shape index (κ2) is 5.29. The lowest BCUT2D eigenvalue weighted by Gasteiger charge is -2.40. The van der Waals surface area contributed by atoms with Crippen LogP contribution in [-0.2, 0) is 0 Å². The fourth-order valence-electron chi connectivity index (χ4n) is 2.99. The van der Waals surface area contributed by atoms with Gasteiger partial charge in [0.2, 0.25) is 0 Å². The van der Waals surface area contributed by atoms with Gasteiger partial charge < -0.3 is 10.8 Å². The van der Waals surface area contributed by atoms with Crippen molar-refractivity contribution in [2.75, 3.05) is 6.54 Å². The number of nitrogens with two attached hydrogens (primary N) is 1. The van der Waals surface area contributed by atoms with E-state index in [0.717, 1.165) is 24.9 Å². The van der Waals surface area contributed by atoms with Crippen molar-refractivity contribution in [2.24, 2.45) is 5.73 Å². The second-order valence-corrected chi connectivity index (χ2v) is 5.61. The van der Waals surface area contributed by atoms with Gasteiger partial charge in [0.1, 0.15) is 5.75 Å². The molecule has 1 aliphatic rings. The minimum atomic E-state index is 0.243. The summed E-state index contributed by atoms with van der Waals surface area (Å²) >= 11 is 0. The first kappa shape index (κ1) is 13.4. The summed E-state index contributed by atoms with van der Waals surface area (Å²) in [7, 11) is 0. The van der Waals surface area contributed by atoms with Gasteiger partial charge in [0.05, 0.1) is 0 Å². The molecular weight excluding hydrogens is 224 g/mol. The molecule has 1 aromatic rings. The molecule has 0 bridgehead atoms. The van der Waals surface area contributed by atoms with E-state index in [9.17, 15) is 5.11 Å². The molecule has 0 saturated carbocycles. The maximum atomic E-state index is 10.0. The van der Waals surface area contributed by atoms with E-state index in [-0.39, 0.29) is 6.04 Å². The fourth-order valence-corrected chi connectivity index (χ4v) is 2.99. The normalized spacial score (nSPS) is 27.1. The molecule has 1 aromatic carbocycles.